The van der Waals surface area contributed by atoms with Crippen molar-refractivity contribution >= 4 is 0 Å². The van der Waals surface area contributed by atoms with Crippen molar-refractivity contribution in [3.63, 3.8) is 0 Å². The molecule has 3 atom stereocenters. The van der Waals surface area contributed by atoms with Crippen molar-refractivity contribution in [2.45, 2.75) is 51.1 Å². The molecule has 0 spiro atoms. The Balaban J connectivity index is 2.00. The normalized spacial score (nSPS) is 26.0. The lowest BCUT2D eigenvalue weighted by Gasteiger charge is -2.25. The highest BCUT2D eigenvalue weighted by Gasteiger charge is 2.24. The molecule has 3 nitrogen and oxygen atoms in total. The summed E-state index contributed by atoms with van der Waals surface area (Å²) in [5.74, 6) is 0.164. The molecule has 96 valence electrons. The van der Waals surface area contributed by atoms with E-state index in [4.69, 9.17) is 0 Å². The first kappa shape index (κ1) is 13.0. The number of nitrogens with zero attached hydrogens (tertiary/aromatic N) is 2. The number of hydrogen-bond acceptors (Lipinski definition) is 3. The summed E-state index contributed by atoms with van der Waals surface area (Å²) in [6.07, 6.45) is 9.49. The van der Waals surface area contributed by atoms with Crippen molar-refractivity contribution in [2.24, 2.45) is 5.92 Å². The zero-order valence-corrected chi connectivity index (χ0v) is 11.0. The molecule has 1 aromatic rings. The molecule has 0 radical (unpaired) electrons. The minimum Gasteiger partial charge on any atom is -0.306 e. The number of nitrogens with one attached hydrogen (secondary N) is 1. The second kappa shape index (κ2) is 6.51. The second-order valence-electron chi connectivity index (χ2n) is 5.15. The van der Waals surface area contributed by atoms with Gasteiger partial charge in [0.05, 0.1) is 12.0 Å². The maximum Gasteiger partial charge on any atom is 0.0672 e. The van der Waals surface area contributed by atoms with E-state index in [0.29, 0.717) is 6.04 Å². The van der Waals surface area contributed by atoms with E-state index in [1.807, 2.05) is 24.5 Å². The van der Waals surface area contributed by atoms with Crippen molar-refractivity contribution in [2.75, 3.05) is 0 Å². The fourth-order valence-corrected chi connectivity index (χ4v) is 2.73. The largest absolute Gasteiger partial charge is 0.306 e. The summed E-state index contributed by atoms with van der Waals surface area (Å²) >= 11 is 0. The highest BCUT2D eigenvalue weighted by Crippen LogP contribution is 2.25. The molecule has 1 N–H and O–H groups in total. The highest BCUT2D eigenvalue weighted by molar-refractivity contribution is 5.14. The Labute approximate surface area is 109 Å². The van der Waals surface area contributed by atoms with Crippen LogP contribution in [0.4, 0.5) is 0 Å². The van der Waals surface area contributed by atoms with Crippen LogP contribution >= 0.6 is 0 Å². The quantitative estimate of drug-likeness (QED) is 0.829. The first-order valence-corrected chi connectivity index (χ1v) is 6.87. The molecule has 3 heteroatoms. The van der Waals surface area contributed by atoms with Crippen molar-refractivity contribution in [1.29, 1.82) is 5.26 Å². The van der Waals surface area contributed by atoms with E-state index in [1.165, 1.54) is 24.8 Å². The first-order chi connectivity index (χ1) is 8.81. The summed E-state index contributed by atoms with van der Waals surface area (Å²) in [4.78, 5) is 4.04. The van der Waals surface area contributed by atoms with Crippen LogP contribution < -0.4 is 5.32 Å². The molecular weight excluding hydrogens is 222 g/mol. The fraction of sp³-hybridized carbons (Fsp3) is 0.600. The summed E-state index contributed by atoms with van der Waals surface area (Å²) in [7, 11) is 0. The molecule has 1 aliphatic rings. The van der Waals surface area contributed by atoms with Crippen LogP contribution in [0, 0.1) is 17.2 Å². The van der Waals surface area contributed by atoms with Gasteiger partial charge in [-0.1, -0.05) is 19.3 Å². The van der Waals surface area contributed by atoms with Gasteiger partial charge in [0.15, 0.2) is 0 Å². The minimum atomic E-state index is 0.164. The Hall–Kier alpha value is -1.40. The Kier molecular flexibility index (Phi) is 4.72. The van der Waals surface area contributed by atoms with Crippen molar-refractivity contribution in [1.82, 2.24) is 10.3 Å². The number of aromatic nitrogens is 1. The molecule has 0 saturated heterocycles. The van der Waals surface area contributed by atoms with Gasteiger partial charge >= 0.3 is 0 Å². The number of nitriles is 1. The predicted molar refractivity (Wildman–Crippen MR) is 71.8 cm³/mol. The van der Waals surface area contributed by atoms with Crippen LogP contribution in [0.5, 0.6) is 0 Å². The third-order valence-corrected chi connectivity index (χ3v) is 3.85. The molecule has 2 rings (SSSR count). The Bertz CT molecular complexity index is 396. The summed E-state index contributed by atoms with van der Waals surface area (Å²) in [5.41, 5.74) is 1.24. The van der Waals surface area contributed by atoms with Crippen LogP contribution in [0.25, 0.3) is 0 Å². The molecule has 2 unspecified atom stereocenters. The number of rotatable bonds is 3. The molecule has 0 aromatic carbocycles. The first-order valence-electron chi connectivity index (χ1n) is 6.87. The molecule has 0 amide bonds. The monoisotopic (exact) mass is 243 g/mol. The summed E-state index contributed by atoms with van der Waals surface area (Å²) in [6.45, 7) is 2.16. The Morgan fingerprint density at radius 1 is 1.28 bits per heavy atom. The Morgan fingerprint density at radius 3 is 2.72 bits per heavy atom. The molecule has 1 aliphatic carbocycles. The van der Waals surface area contributed by atoms with Gasteiger partial charge in [-0.3, -0.25) is 4.98 Å². The molecule has 1 fully saturated rings. The van der Waals surface area contributed by atoms with Gasteiger partial charge in [0.25, 0.3) is 0 Å². The van der Waals surface area contributed by atoms with Gasteiger partial charge in [-0.05, 0) is 37.5 Å². The van der Waals surface area contributed by atoms with E-state index < -0.39 is 0 Å². The minimum absolute atomic E-state index is 0.164. The van der Waals surface area contributed by atoms with E-state index >= 15 is 0 Å². The third-order valence-electron chi connectivity index (χ3n) is 3.85. The topological polar surface area (TPSA) is 48.7 Å². The number of hydrogen-bond donors (Lipinski definition) is 1. The SMILES string of the molecule is C[C@H](NC1CCCCCC1C#N)c1ccncc1. The van der Waals surface area contributed by atoms with Crippen LogP contribution in [0.15, 0.2) is 24.5 Å². The van der Waals surface area contributed by atoms with Gasteiger partial charge in [-0.15, -0.1) is 0 Å². The summed E-state index contributed by atoms with van der Waals surface area (Å²) in [6, 6.07) is 7.17. The van der Waals surface area contributed by atoms with Gasteiger partial charge in [-0.2, -0.15) is 5.26 Å². The molecule has 1 saturated carbocycles. The van der Waals surface area contributed by atoms with Crippen molar-refractivity contribution in [3.8, 4) is 6.07 Å². The van der Waals surface area contributed by atoms with Gasteiger partial charge in [0, 0.05) is 24.5 Å². The zero-order valence-electron chi connectivity index (χ0n) is 11.0. The van der Waals surface area contributed by atoms with Gasteiger partial charge in [0.2, 0.25) is 0 Å². The van der Waals surface area contributed by atoms with Crippen LogP contribution in [0.3, 0.4) is 0 Å². The van der Waals surface area contributed by atoms with Gasteiger partial charge < -0.3 is 5.32 Å². The standard InChI is InChI=1S/C15H21N3/c1-12(13-7-9-17-10-8-13)18-15-6-4-2-3-5-14(15)11-16/h7-10,12,14-15,18H,2-6H2,1H3/t12-,14?,15?/m0/s1. The van der Waals surface area contributed by atoms with Gasteiger partial charge in [-0.25, -0.2) is 0 Å². The predicted octanol–water partition coefficient (Wildman–Crippen LogP) is 3.20. The smallest absolute Gasteiger partial charge is 0.0672 e. The van der Waals surface area contributed by atoms with Crippen LogP contribution in [-0.2, 0) is 0 Å². The maximum atomic E-state index is 9.27. The average molecular weight is 243 g/mol. The lowest BCUT2D eigenvalue weighted by Crippen LogP contribution is -2.36. The van der Waals surface area contributed by atoms with Crippen molar-refractivity contribution in [3.05, 3.63) is 30.1 Å². The third kappa shape index (κ3) is 3.30. The lowest BCUT2D eigenvalue weighted by atomic mass is 9.95. The summed E-state index contributed by atoms with van der Waals surface area (Å²) in [5, 5.41) is 12.9. The van der Waals surface area contributed by atoms with E-state index in [0.717, 1.165) is 12.8 Å². The molecule has 18 heavy (non-hydrogen) atoms. The molecule has 1 heterocycles. The second-order valence-corrected chi connectivity index (χ2v) is 5.15. The van der Waals surface area contributed by atoms with Gasteiger partial charge in [0.1, 0.15) is 0 Å². The molecule has 1 aromatic heterocycles. The van der Waals surface area contributed by atoms with E-state index in [1.54, 1.807) is 0 Å². The van der Waals surface area contributed by atoms with E-state index in [9.17, 15) is 5.26 Å². The summed E-state index contributed by atoms with van der Waals surface area (Å²) < 4.78 is 0. The highest BCUT2D eigenvalue weighted by atomic mass is 15.0. The van der Waals surface area contributed by atoms with E-state index in [-0.39, 0.29) is 12.0 Å². The Morgan fingerprint density at radius 2 is 2.00 bits per heavy atom. The average Bonchev–Trinajstić information content (AvgIpc) is 2.64. The van der Waals surface area contributed by atoms with Crippen LogP contribution in [0.1, 0.15) is 50.6 Å². The maximum absolute atomic E-state index is 9.27. The lowest BCUT2D eigenvalue weighted by molar-refractivity contribution is 0.361. The van der Waals surface area contributed by atoms with E-state index in [2.05, 4.69) is 23.3 Å². The molecule has 0 aliphatic heterocycles. The van der Waals surface area contributed by atoms with Crippen LogP contribution in [-0.4, -0.2) is 11.0 Å². The number of pyridine rings is 1. The zero-order chi connectivity index (χ0) is 12.8. The fourth-order valence-electron chi connectivity index (χ4n) is 2.73. The van der Waals surface area contributed by atoms with Crippen LogP contribution in [0.2, 0.25) is 0 Å². The molecule has 0 bridgehead atoms. The molecular formula is C15H21N3. The van der Waals surface area contributed by atoms with Crippen molar-refractivity contribution < 1.29 is 0 Å².